The Labute approximate surface area is 156 Å². The van der Waals surface area contributed by atoms with E-state index >= 15 is 0 Å². The molecule has 1 aromatic carbocycles. The minimum Gasteiger partial charge on any atom is -0.314 e. The highest BCUT2D eigenvalue weighted by Crippen LogP contribution is 2.38. The first-order valence-electron chi connectivity index (χ1n) is 8.45. The van der Waals surface area contributed by atoms with Crippen LogP contribution in [0.1, 0.15) is 43.7 Å². The van der Waals surface area contributed by atoms with Crippen molar-refractivity contribution in [2.75, 3.05) is 26.2 Å². The molecule has 1 aromatic rings. The highest BCUT2D eigenvalue weighted by Gasteiger charge is 2.31. The van der Waals surface area contributed by atoms with Gasteiger partial charge in [0.25, 0.3) is 5.69 Å². The third kappa shape index (κ3) is 5.06. The van der Waals surface area contributed by atoms with E-state index in [-0.39, 0.29) is 35.4 Å². The van der Waals surface area contributed by atoms with Crippen LogP contribution in [0, 0.1) is 16.0 Å². The van der Waals surface area contributed by atoms with Crippen molar-refractivity contribution in [3.8, 4) is 0 Å². The van der Waals surface area contributed by atoms with E-state index in [2.05, 4.69) is 10.2 Å². The van der Waals surface area contributed by atoms with Crippen molar-refractivity contribution in [1.29, 1.82) is 0 Å². The molecule has 1 aliphatic carbocycles. The largest absolute Gasteiger partial charge is 0.314 e. The van der Waals surface area contributed by atoms with Gasteiger partial charge in [0, 0.05) is 44.4 Å². The molecule has 1 atom stereocenters. The summed E-state index contributed by atoms with van der Waals surface area (Å²) in [5.41, 5.74) is 1.44. The molecule has 0 unspecified atom stereocenters. The zero-order valence-corrected chi connectivity index (χ0v) is 15.5. The summed E-state index contributed by atoms with van der Waals surface area (Å²) in [4.78, 5) is 13.1. The minimum atomic E-state index is -0.315. The number of piperazine rings is 1. The number of hydrogen-bond acceptors (Lipinski definition) is 4. The van der Waals surface area contributed by atoms with Crippen LogP contribution in [0.5, 0.6) is 0 Å². The predicted molar refractivity (Wildman–Crippen MR) is 101 cm³/mol. The maximum absolute atomic E-state index is 10.9. The Bertz CT molecular complexity index is 483. The molecule has 1 saturated carbocycles. The van der Waals surface area contributed by atoms with E-state index in [4.69, 9.17) is 0 Å². The molecule has 2 fully saturated rings. The van der Waals surface area contributed by atoms with Gasteiger partial charge >= 0.3 is 0 Å². The van der Waals surface area contributed by atoms with Gasteiger partial charge in [-0.3, -0.25) is 15.0 Å². The Balaban J connectivity index is 0.00000144. The Morgan fingerprint density at radius 2 is 1.62 bits per heavy atom. The van der Waals surface area contributed by atoms with Crippen molar-refractivity contribution in [2.45, 2.75) is 38.1 Å². The molecule has 136 valence electrons. The third-order valence-corrected chi connectivity index (χ3v) is 5.09. The summed E-state index contributed by atoms with van der Waals surface area (Å²) in [5, 5.41) is 14.3. The molecule has 1 aliphatic heterocycles. The van der Waals surface area contributed by atoms with Crippen LogP contribution in [0.2, 0.25) is 0 Å². The van der Waals surface area contributed by atoms with Gasteiger partial charge < -0.3 is 5.32 Å². The fourth-order valence-corrected chi connectivity index (χ4v) is 3.98. The maximum Gasteiger partial charge on any atom is 0.269 e. The molecule has 1 heterocycles. The molecule has 0 aromatic heterocycles. The normalized spacial score (nSPS) is 20.5. The SMILES string of the molecule is Cl.Cl.O=[N+]([O-])c1ccc([C@@H](C2CCCCC2)N2CCNCC2)cc1. The lowest BCUT2D eigenvalue weighted by Gasteiger charge is -2.41. The lowest BCUT2D eigenvalue weighted by atomic mass is 9.80. The fourth-order valence-electron chi connectivity index (χ4n) is 3.98. The van der Waals surface area contributed by atoms with Gasteiger partial charge in [0.05, 0.1) is 4.92 Å². The number of nitrogens with one attached hydrogen (secondary N) is 1. The van der Waals surface area contributed by atoms with Crippen molar-refractivity contribution in [1.82, 2.24) is 10.2 Å². The van der Waals surface area contributed by atoms with E-state index in [0.29, 0.717) is 12.0 Å². The monoisotopic (exact) mass is 375 g/mol. The molecule has 2 aliphatic rings. The number of rotatable bonds is 4. The second-order valence-electron chi connectivity index (χ2n) is 6.48. The first kappa shape index (κ1) is 21.2. The number of nitro groups is 1. The van der Waals surface area contributed by atoms with Crippen LogP contribution < -0.4 is 5.32 Å². The molecule has 1 saturated heterocycles. The number of halogens is 2. The molecule has 24 heavy (non-hydrogen) atoms. The number of hydrogen-bond donors (Lipinski definition) is 1. The molecule has 5 nitrogen and oxygen atoms in total. The van der Waals surface area contributed by atoms with E-state index in [9.17, 15) is 10.1 Å². The first-order chi connectivity index (χ1) is 10.8. The van der Waals surface area contributed by atoms with Gasteiger partial charge in [-0.2, -0.15) is 0 Å². The summed E-state index contributed by atoms with van der Waals surface area (Å²) in [6.45, 7) is 4.21. The van der Waals surface area contributed by atoms with Crippen LogP contribution in [0.3, 0.4) is 0 Å². The zero-order valence-electron chi connectivity index (χ0n) is 13.9. The van der Waals surface area contributed by atoms with E-state index < -0.39 is 0 Å². The summed E-state index contributed by atoms with van der Waals surface area (Å²) in [5.74, 6) is 0.688. The first-order valence-corrected chi connectivity index (χ1v) is 8.45. The molecule has 0 radical (unpaired) electrons. The number of benzene rings is 1. The molecule has 7 heteroatoms. The number of nitrogens with zero attached hydrogens (tertiary/aromatic N) is 2. The van der Waals surface area contributed by atoms with Gasteiger partial charge in [-0.25, -0.2) is 0 Å². The summed E-state index contributed by atoms with van der Waals surface area (Å²) < 4.78 is 0. The van der Waals surface area contributed by atoms with Crippen LogP contribution >= 0.6 is 24.8 Å². The Kier molecular flexibility index (Phi) is 8.98. The molecular formula is C17H27Cl2N3O2. The van der Waals surface area contributed by atoms with Crippen LogP contribution in [0.25, 0.3) is 0 Å². The lowest BCUT2D eigenvalue weighted by Crippen LogP contribution is -2.47. The maximum atomic E-state index is 10.9. The number of nitro benzene ring substituents is 1. The highest BCUT2D eigenvalue weighted by molar-refractivity contribution is 5.85. The quantitative estimate of drug-likeness (QED) is 0.638. The molecule has 3 rings (SSSR count). The third-order valence-electron chi connectivity index (χ3n) is 5.09. The molecule has 0 bridgehead atoms. The average molecular weight is 376 g/mol. The van der Waals surface area contributed by atoms with E-state index in [1.165, 1.54) is 37.7 Å². The zero-order chi connectivity index (χ0) is 15.4. The van der Waals surface area contributed by atoms with Gasteiger partial charge in [-0.1, -0.05) is 31.4 Å². The molecule has 0 amide bonds. The van der Waals surface area contributed by atoms with Crippen LogP contribution in [0.4, 0.5) is 5.69 Å². The van der Waals surface area contributed by atoms with Gasteiger partial charge in [0.2, 0.25) is 0 Å². The van der Waals surface area contributed by atoms with Gasteiger partial charge in [-0.05, 0) is 24.3 Å². The summed E-state index contributed by atoms with van der Waals surface area (Å²) in [7, 11) is 0. The Morgan fingerprint density at radius 1 is 1.04 bits per heavy atom. The Hall–Kier alpha value is -0.880. The summed E-state index contributed by atoms with van der Waals surface area (Å²) >= 11 is 0. The topological polar surface area (TPSA) is 58.4 Å². The van der Waals surface area contributed by atoms with E-state index in [0.717, 1.165) is 26.2 Å². The minimum absolute atomic E-state index is 0. The lowest BCUT2D eigenvalue weighted by molar-refractivity contribution is -0.384. The predicted octanol–water partition coefficient (Wildman–Crippen LogP) is 3.97. The van der Waals surface area contributed by atoms with Crippen molar-refractivity contribution in [3.05, 3.63) is 39.9 Å². The second-order valence-corrected chi connectivity index (χ2v) is 6.48. The van der Waals surface area contributed by atoms with Crippen LogP contribution in [-0.2, 0) is 0 Å². The van der Waals surface area contributed by atoms with E-state index in [1.54, 1.807) is 12.1 Å². The van der Waals surface area contributed by atoms with Crippen molar-refractivity contribution >= 4 is 30.5 Å². The second kappa shape index (κ2) is 10.2. The van der Waals surface area contributed by atoms with Gasteiger partial charge in [0.1, 0.15) is 0 Å². The highest BCUT2D eigenvalue weighted by atomic mass is 35.5. The Morgan fingerprint density at radius 3 is 2.17 bits per heavy atom. The fraction of sp³-hybridized carbons (Fsp3) is 0.647. The average Bonchev–Trinajstić information content (AvgIpc) is 2.57. The van der Waals surface area contributed by atoms with Crippen molar-refractivity contribution < 1.29 is 4.92 Å². The standard InChI is InChI=1S/C17H25N3O2.2ClH/c21-20(22)16-8-6-15(7-9-16)17(14-4-2-1-3-5-14)19-12-10-18-11-13-19;;/h6-9,14,17-18H,1-5,10-13H2;2*1H/t17-;;/m1../s1. The van der Waals surface area contributed by atoms with Crippen LogP contribution in [0.15, 0.2) is 24.3 Å². The summed E-state index contributed by atoms with van der Waals surface area (Å²) in [6.07, 6.45) is 6.56. The molecule has 1 N–H and O–H groups in total. The van der Waals surface area contributed by atoms with E-state index in [1.807, 2.05) is 12.1 Å². The van der Waals surface area contributed by atoms with Crippen molar-refractivity contribution in [2.24, 2.45) is 5.92 Å². The van der Waals surface area contributed by atoms with Gasteiger partial charge in [0.15, 0.2) is 0 Å². The number of non-ortho nitro benzene ring substituents is 1. The summed E-state index contributed by atoms with van der Waals surface area (Å²) in [6, 6.07) is 7.68. The van der Waals surface area contributed by atoms with Crippen LogP contribution in [-0.4, -0.2) is 36.0 Å². The molecular weight excluding hydrogens is 349 g/mol. The van der Waals surface area contributed by atoms with Crippen molar-refractivity contribution in [3.63, 3.8) is 0 Å². The van der Waals surface area contributed by atoms with Gasteiger partial charge in [-0.15, -0.1) is 24.8 Å². The molecule has 0 spiro atoms. The smallest absolute Gasteiger partial charge is 0.269 e.